The highest BCUT2D eigenvalue weighted by atomic mass is 35.5. The number of hydrogen-bond acceptors (Lipinski definition) is 2. The fourth-order valence-corrected chi connectivity index (χ4v) is 2.94. The van der Waals surface area contributed by atoms with Gasteiger partial charge in [0.05, 0.1) is 6.67 Å². The summed E-state index contributed by atoms with van der Waals surface area (Å²) in [7, 11) is 0. The number of piperazine rings is 1. The van der Waals surface area contributed by atoms with Gasteiger partial charge < -0.3 is 5.32 Å². The largest absolute Gasteiger partial charge is 0.314 e. The molecular formula is C13H17Cl2FN2. The monoisotopic (exact) mass is 290 g/mol. The number of hydrogen-bond donors (Lipinski definition) is 1. The van der Waals surface area contributed by atoms with E-state index in [9.17, 15) is 4.39 Å². The van der Waals surface area contributed by atoms with Crippen molar-refractivity contribution >= 4 is 23.2 Å². The van der Waals surface area contributed by atoms with Crippen LogP contribution >= 0.6 is 23.2 Å². The van der Waals surface area contributed by atoms with Gasteiger partial charge in [-0.05, 0) is 24.1 Å². The second kappa shape index (κ2) is 6.71. The molecule has 2 nitrogen and oxygen atoms in total. The lowest BCUT2D eigenvalue weighted by Gasteiger charge is -2.35. The van der Waals surface area contributed by atoms with Crippen LogP contribution < -0.4 is 5.32 Å². The van der Waals surface area contributed by atoms with Gasteiger partial charge in [0.1, 0.15) is 0 Å². The predicted octanol–water partition coefficient (Wildman–Crippen LogP) is 3.30. The van der Waals surface area contributed by atoms with E-state index in [1.165, 1.54) is 0 Å². The summed E-state index contributed by atoms with van der Waals surface area (Å²) in [4.78, 5) is 2.28. The summed E-state index contributed by atoms with van der Waals surface area (Å²) in [6, 6.07) is 5.50. The van der Waals surface area contributed by atoms with E-state index in [1.54, 1.807) is 6.07 Å². The molecule has 0 aliphatic carbocycles. The third-order valence-electron chi connectivity index (χ3n) is 3.30. The van der Waals surface area contributed by atoms with Gasteiger partial charge in [-0.3, -0.25) is 9.29 Å². The van der Waals surface area contributed by atoms with Crippen LogP contribution in [0.3, 0.4) is 0 Å². The Balaban J connectivity index is 2.22. The SMILES string of the molecule is FCC[C@H](c1ccc(Cl)cc1Cl)N1CCNCC1. The summed E-state index contributed by atoms with van der Waals surface area (Å²) in [5, 5.41) is 4.54. The molecule has 1 aliphatic heterocycles. The second-order valence-electron chi connectivity index (χ2n) is 4.45. The molecule has 18 heavy (non-hydrogen) atoms. The van der Waals surface area contributed by atoms with Gasteiger partial charge >= 0.3 is 0 Å². The van der Waals surface area contributed by atoms with Gasteiger partial charge in [-0.2, -0.15) is 0 Å². The summed E-state index contributed by atoms with van der Waals surface area (Å²) in [5.74, 6) is 0. The van der Waals surface area contributed by atoms with Crippen LogP contribution in [0.1, 0.15) is 18.0 Å². The van der Waals surface area contributed by atoms with Gasteiger partial charge in [0.2, 0.25) is 0 Å². The first kappa shape index (κ1) is 14.1. The van der Waals surface area contributed by atoms with Crippen LogP contribution in [-0.4, -0.2) is 37.8 Å². The van der Waals surface area contributed by atoms with Crippen molar-refractivity contribution in [3.8, 4) is 0 Å². The molecule has 1 heterocycles. The smallest absolute Gasteiger partial charge is 0.0912 e. The van der Waals surface area contributed by atoms with Gasteiger partial charge in [0.15, 0.2) is 0 Å². The Hall–Kier alpha value is -0.350. The molecule has 0 bridgehead atoms. The van der Waals surface area contributed by atoms with E-state index >= 15 is 0 Å². The molecule has 1 fully saturated rings. The molecule has 0 spiro atoms. The van der Waals surface area contributed by atoms with E-state index in [4.69, 9.17) is 23.2 Å². The zero-order valence-corrected chi connectivity index (χ0v) is 11.6. The first-order valence-corrected chi connectivity index (χ1v) is 6.93. The third kappa shape index (κ3) is 3.35. The van der Waals surface area contributed by atoms with Gasteiger partial charge in [0.25, 0.3) is 0 Å². The van der Waals surface area contributed by atoms with Gasteiger partial charge in [-0.25, -0.2) is 0 Å². The lowest BCUT2D eigenvalue weighted by Crippen LogP contribution is -2.45. The number of benzene rings is 1. The molecule has 0 saturated carbocycles. The highest BCUT2D eigenvalue weighted by Crippen LogP contribution is 2.32. The topological polar surface area (TPSA) is 15.3 Å². The summed E-state index contributed by atoms with van der Waals surface area (Å²) in [5.41, 5.74) is 0.973. The van der Waals surface area contributed by atoms with Gasteiger partial charge in [-0.15, -0.1) is 0 Å². The zero-order valence-electron chi connectivity index (χ0n) is 10.1. The average molecular weight is 291 g/mol. The van der Waals surface area contributed by atoms with Crippen molar-refractivity contribution < 1.29 is 4.39 Å². The van der Waals surface area contributed by atoms with E-state index in [2.05, 4.69) is 10.2 Å². The van der Waals surface area contributed by atoms with Gasteiger partial charge in [-0.1, -0.05) is 29.3 Å². The van der Waals surface area contributed by atoms with Crippen LogP contribution in [0.2, 0.25) is 10.0 Å². The van der Waals surface area contributed by atoms with Crippen molar-refractivity contribution in [1.29, 1.82) is 0 Å². The summed E-state index contributed by atoms with van der Waals surface area (Å²) in [6.07, 6.45) is 0.474. The molecule has 2 rings (SSSR count). The van der Waals surface area contributed by atoms with Crippen LogP contribution in [0.25, 0.3) is 0 Å². The summed E-state index contributed by atoms with van der Waals surface area (Å²) in [6.45, 7) is 3.38. The minimum Gasteiger partial charge on any atom is -0.314 e. The van der Waals surface area contributed by atoms with Crippen LogP contribution in [0.5, 0.6) is 0 Å². The average Bonchev–Trinajstić information content (AvgIpc) is 2.38. The first-order valence-electron chi connectivity index (χ1n) is 6.18. The second-order valence-corrected chi connectivity index (χ2v) is 5.29. The Morgan fingerprint density at radius 1 is 1.28 bits per heavy atom. The number of nitrogens with zero attached hydrogens (tertiary/aromatic N) is 1. The maximum absolute atomic E-state index is 12.8. The minimum absolute atomic E-state index is 0.0434. The lowest BCUT2D eigenvalue weighted by atomic mass is 10.0. The molecule has 1 saturated heterocycles. The Morgan fingerprint density at radius 2 is 2.00 bits per heavy atom. The molecule has 5 heteroatoms. The molecule has 1 N–H and O–H groups in total. The highest BCUT2D eigenvalue weighted by Gasteiger charge is 2.23. The Bertz CT molecular complexity index is 395. The van der Waals surface area contributed by atoms with E-state index in [0.717, 1.165) is 31.7 Å². The van der Waals surface area contributed by atoms with Crippen molar-refractivity contribution in [1.82, 2.24) is 10.2 Å². The van der Waals surface area contributed by atoms with Crippen molar-refractivity contribution in [2.45, 2.75) is 12.5 Å². The van der Waals surface area contributed by atoms with Crippen LogP contribution in [0.15, 0.2) is 18.2 Å². The Kier molecular flexibility index (Phi) is 5.25. The van der Waals surface area contributed by atoms with Crippen molar-refractivity contribution in [3.63, 3.8) is 0 Å². The maximum atomic E-state index is 12.8. The standard InChI is InChI=1S/C13H17Cl2FN2/c14-10-1-2-11(12(15)9-10)13(3-4-16)18-7-5-17-6-8-18/h1-2,9,13,17H,3-8H2/t13-/m1/s1. The lowest BCUT2D eigenvalue weighted by molar-refractivity contribution is 0.157. The van der Waals surface area contributed by atoms with Crippen LogP contribution in [0, 0.1) is 0 Å². The quantitative estimate of drug-likeness (QED) is 0.915. The van der Waals surface area contributed by atoms with Crippen LogP contribution in [-0.2, 0) is 0 Å². The summed E-state index contributed by atoms with van der Waals surface area (Å²) < 4.78 is 12.8. The van der Waals surface area contributed by atoms with Gasteiger partial charge in [0, 0.05) is 42.3 Å². The molecule has 100 valence electrons. The number of alkyl halides is 1. The molecule has 0 aromatic heterocycles. The molecular weight excluding hydrogens is 274 g/mol. The predicted molar refractivity (Wildman–Crippen MR) is 74.2 cm³/mol. The van der Waals surface area contributed by atoms with Crippen LogP contribution in [0.4, 0.5) is 4.39 Å². The van der Waals surface area contributed by atoms with E-state index in [-0.39, 0.29) is 12.7 Å². The first-order chi connectivity index (χ1) is 8.72. The molecule has 1 aliphatic rings. The Morgan fingerprint density at radius 3 is 2.61 bits per heavy atom. The maximum Gasteiger partial charge on any atom is 0.0912 e. The fourth-order valence-electron chi connectivity index (χ4n) is 2.40. The molecule has 1 aromatic carbocycles. The molecule has 0 unspecified atom stereocenters. The number of nitrogens with one attached hydrogen (secondary N) is 1. The minimum atomic E-state index is -0.340. The molecule has 1 aromatic rings. The summed E-state index contributed by atoms with van der Waals surface area (Å²) >= 11 is 12.1. The Labute approximate surface area is 117 Å². The third-order valence-corrected chi connectivity index (χ3v) is 3.86. The fraction of sp³-hybridized carbons (Fsp3) is 0.538. The molecule has 0 amide bonds. The van der Waals surface area contributed by atoms with E-state index < -0.39 is 0 Å². The van der Waals surface area contributed by atoms with Crippen molar-refractivity contribution in [2.75, 3.05) is 32.9 Å². The number of halogens is 3. The van der Waals surface area contributed by atoms with E-state index in [0.29, 0.717) is 16.5 Å². The molecule has 0 radical (unpaired) electrons. The molecule has 1 atom stereocenters. The zero-order chi connectivity index (χ0) is 13.0. The normalized spacial score (nSPS) is 18.8. The van der Waals surface area contributed by atoms with E-state index in [1.807, 2.05) is 12.1 Å². The van der Waals surface area contributed by atoms with Crippen molar-refractivity contribution in [3.05, 3.63) is 33.8 Å². The number of rotatable bonds is 4. The van der Waals surface area contributed by atoms with Crippen molar-refractivity contribution in [2.24, 2.45) is 0 Å². The highest BCUT2D eigenvalue weighted by molar-refractivity contribution is 6.35.